The number of hydroxylamine groups is 2. The molecular formula is C36H41N3O6. The van der Waals surface area contributed by atoms with Crippen LogP contribution in [0.4, 0.5) is 0 Å². The van der Waals surface area contributed by atoms with Gasteiger partial charge < -0.3 is 19.8 Å². The minimum atomic E-state index is -0.707. The van der Waals surface area contributed by atoms with Gasteiger partial charge in [-0.2, -0.15) is 0 Å². The zero-order chi connectivity index (χ0) is 31.7. The van der Waals surface area contributed by atoms with Gasteiger partial charge in [-0.1, -0.05) is 117 Å². The van der Waals surface area contributed by atoms with Gasteiger partial charge in [-0.3, -0.25) is 19.2 Å². The molecule has 1 heterocycles. The summed E-state index contributed by atoms with van der Waals surface area (Å²) in [5.74, 6) is -0.721. The Kier molecular flexibility index (Phi) is 13.4. The number of amides is 3. The number of nitrogens with zero attached hydrogens (tertiary/aromatic N) is 1. The topological polar surface area (TPSA) is 110 Å². The van der Waals surface area contributed by atoms with E-state index in [-0.39, 0.29) is 31.5 Å². The van der Waals surface area contributed by atoms with Crippen LogP contribution in [0.15, 0.2) is 108 Å². The molecule has 3 aromatic carbocycles. The van der Waals surface area contributed by atoms with E-state index in [1.165, 1.54) is 5.06 Å². The van der Waals surface area contributed by atoms with Gasteiger partial charge in [0.05, 0.1) is 31.8 Å². The molecule has 0 aliphatic heterocycles. The van der Waals surface area contributed by atoms with Crippen LogP contribution in [-0.2, 0) is 32.4 Å². The highest BCUT2D eigenvalue weighted by molar-refractivity contribution is 5.92. The monoisotopic (exact) mass is 611 g/mol. The number of carbonyl (C=O) groups excluding carboxylic acids is 3. The average molecular weight is 612 g/mol. The molecular weight excluding hydrogens is 570 g/mol. The summed E-state index contributed by atoms with van der Waals surface area (Å²) in [4.78, 5) is 44.8. The zero-order valence-electron chi connectivity index (χ0n) is 25.6. The fourth-order valence-electron chi connectivity index (χ4n) is 4.93. The summed E-state index contributed by atoms with van der Waals surface area (Å²) in [6.07, 6.45) is 3.77. The maximum Gasteiger partial charge on any atom is 0.288 e. The summed E-state index contributed by atoms with van der Waals surface area (Å²) in [6.45, 7) is 2.52. The largest absolute Gasteiger partial charge is 0.451 e. The van der Waals surface area contributed by atoms with E-state index in [0.717, 1.165) is 36.0 Å². The lowest BCUT2D eigenvalue weighted by Crippen LogP contribution is -2.50. The Balaban J connectivity index is 1.43. The number of furan rings is 1. The molecule has 0 bridgehead atoms. The molecule has 0 aliphatic carbocycles. The fraction of sp³-hybridized carbons (Fsp3) is 0.306. The average Bonchev–Trinajstić information content (AvgIpc) is 3.58. The lowest BCUT2D eigenvalue weighted by atomic mass is 9.92. The van der Waals surface area contributed by atoms with Crippen LogP contribution in [0.5, 0.6) is 0 Å². The van der Waals surface area contributed by atoms with Gasteiger partial charge >= 0.3 is 0 Å². The molecule has 9 heteroatoms. The van der Waals surface area contributed by atoms with Crippen molar-refractivity contribution in [2.75, 3.05) is 13.3 Å². The highest BCUT2D eigenvalue weighted by Crippen LogP contribution is 2.23. The molecule has 4 aromatic rings. The first-order valence-corrected chi connectivity index (χ1v) is 15.3. The molecule has 2 N–H and O–H groups in total. The highest BCUT2D eigenvalue weighted by atomic mass is 16.7. The number of hydrogen-bond acceptors (Lipinski definition) is 6. The first-order chi connectivity index (χ1) is 22.1. The standard InChI is InChI=1S/C36H41N3O6/c1-2-3-7-20-31(35(41)37-26-38-36(42)34-22-21-33(45-34)30-18-12-6-13-19-30)32(25-43-23-28-14-8-4-9-15-28)39(27-40)44-24-29-16-10-5-11-17-29/h4-6,8-19,21-22,27,31-32H,2-3,7,20,23-26H2,1H3,(H,37,41)(H,38,42)/t31?,32-/m1/s1. The number of nitrogens with one attached hydrogen (secondary N) is 2. The lowest BCUT2D eigenvalue weighted by Gasteiger charge is -2.33. The van der Waals surface area contributed by atoms with Gasteiger partial charge in [0.1, 0.15) is 12.4 Å². The number of carbonyl (C=O) groups is 3. The van der Waals surface area contributed by atoms with Crippen molar-refractivity contribution < 1.29 is 28.4 Å². The van der Waals surface area contributed by atoms with Crippen LogP contribution in [0.2, 0.25) is 0 Å². The molecule has 9 nitrogen and oxygen atoms in total. The van der Waals surface area contributed by atoms with Crippen LogP contribution in [0.3, 0.4) is 0 Å². The van der Waals surface area contributed by atoms with Gasteiger partial charge in [0, 0.05) is 5.56 Å². The molecule has 1 unspecified atom stereocenters. The third-order valence-corrected chi connectivity index (χ3v) is 7.37. The summed E-state index contributed by atoms with van der Waals surface area (Å²) in [5.41, 5.74) is 2.72. The molecule has 0 fully saturated rings. The van der Waals surface area contributed by atoms with Crippen molar-refractivity contribution in [3.8, 4) is 11.3 Å². The van der Waals surface area contributed by atoms with Crippen LogP contribution in [-0.4, -0.2) is 42.6 Å². The molecule has 1 aromatic heterocycles. The van der Waals surface area contributed by atoms with E-state index in [1.807, 2.05) is 91.0 Å². The van der Waals surface area contributed by atoms with E-state index < -0.39 is 17.9 Å². The predicted octanol–water partition coefficient (Wildman–Crippen LogP) is 6.12. The summed E-state index contributed by atoms with van der Waals surface area (Å²) in [7, 11) is 0. The normalized spacial score (nSPS) is 12.2. The molecule has 0 saturated heterocycles. The van der Waals surface area contributed by atoms with Crippen LogP contribution >= 0.6 is 0 Å². The summed E-state index contributed by atoms with van der Waals surface area (Å²) in [6, 6.07) is 31.3. The lowest BCUT2D eigenvalue weighted by molar-refractivity contribution is -0.207. The number of hydrogen-bond donors (Lipinski definition) is 2. The van der Waals surface area contributed by atoms with Crippen molar-refractivity contribution in [2.24, 2.45) is 5.92 Å². The Morgan fingerprint density at radius 2 is 1.47 bits per heavy atom. The van der Waals surface area contributed by atoms with Gasteiger partial charge in [-0.25, -0.2) is 5.06 Å². The van der Waals surface area contributed by atoms with Crippen LogP contribution in [0, 0.1) is 5.92 Å². The number of ether oxygens (including phenoxy) is 1. The van der Waals surface area contributed by atoms with E-state index in [0.29, 0.717) is 25.2 Å². The second-order valence-corrected chi connectivity index (χ2v) is 10.6. The van der Waals surface area contributed by atoms with Gasteiger partial charge in [-0.15, -0.1) is 0 Å². The van der Waals surface area contributed by atoms with Crippen LogP contribution < -0.4 is 10.6 Å². The number of benzene rings is 3. The van der Waals surface area contributed by atoms with E-state index in [9.17, 15) is 14.4 Å². The molecule has 3 amide bonds. The maximum atomic E-state index is 13.7. The Morgan fingerprint density at radius 1 is 0.822 bits per heavy atom. The Labute approximate surface area is 264 Å². The van der Waals surface area contributed by atoms with Gasteiger partial charge in [0.15, 0.2) is 5.76 Å². The van der Waals surface area contributed by atoms with E-state index in [1.54, 1.807) is 12.1 Å². The Hall–Kier alpha value is -4.73. The first-order valence-electron chi connectivity index (χ1n) is 15.3. The maximum absolute atomic E-state index is 13.7. The molecule has 0 aliphatic rings. The molecule has 0 spiro atoms. The second kappa shape index (κ2) is 18.2. The molecule has 236 valence electrons. The minimum absolute atomic E-state index is 0.0770. The molecule has 0 radical (unpaired) electrons. The highest BCUT2D eigenvalue weighted by Gasteiger charge is 2.33. The summed E-state index contributed by atoms with van der Waals surface area (Å²) < 4.78 is 11.8. The van der Waals surface area contributed by atoms with Gasteiger partial charge in [0.2, 0.25) is 12.3 Å². The van der Waals surface area contributed by atoms with E-state index in [2.05, 4.69) is 17.6 Å². The summed E-state index contributed by atoms with van der Waals surface area (Å²) in [5, 5.41) is 6.72. The Bertz CT molecular complexity index is 1450. The second-order valence-electron chi connectivity index (χ2n) is 10.6. The van der Waals surface area contributed by atoms with Crippen LogP contribution in [0.1, 0.15) is 54.3 Å². The Morgan fingerprint density at radius 3 is 2.11 bits per heavy atom. The number of unbranched alkanes of at least 4 members (excludes halogenated alkanes) is 2. The molecule has 2 atom stereocenters. The van der Waals surface area contributed by atoms with Gasteiger partial charge in [0.25, 0.3) is 5.91 Å². The van der Waals surface area contributed by atoms with Crippen molar-refractivity contribution in [3.63, 3.8) is 0 Å². The number of rotatable bonds is 19. The quantitative estimate of drug-likeness (QED) is 0.0572. The predicted molar refractivity (Wildman–Crippen MR) is 171 cm³/mol. The third kappa shape index (κ3) is 10.4. The van der Waals surface area contributed by atoms with Crippen molar-refractivity contribution in [3.05, 3.63) is 120 Å². The summed E-state index contributed by atoms with van der Waals surface area (Å²) >= 11 is 0. The van der Waals surface area contributed by atoms with E-state index >= 15 is 0 Å². The zero-order valence-corrected chi connectivity index (χ0v) is 25.6. The molecule has 45 heavy (non-hydrogen) atoms. The van der Waals surface area contributed by atoms with E-state index in [4.69, 9.17) is 14.0 Å². The molecule has 0 saturated carbocycles. The van der Waals surface area contributed by atoms with Gasteiger partial charge in [-0.05, 0) is 29.7 Å². The van der Waals surface area contributed by atoms with Crippen LogP contribution in [0.25, 0.3) is 11.3 Å². The van der Waals surface area contributed by atoms with Crippen molar-refractivity contribution in [2.45, 2.75) is 51.9 Å². The first kappa shape index (κ1) is 33.2. The molecule has 4 rings (SSSR count). The minimum Gasteiger partial charge on any atom is -0.451 e. The van der Waals surface area contributed by atoms with Crippen molar-refractivity contribution in [1.82, 2.24) is 15.7 Å². The van der Waals surface area contributed by atoms with Crippen molar-refractivity contribution in [1.29, 1.82) is 0 Å². The SMILES string of the molecule is CCCCCC(C(=O)NCNC(=O)c1ccc(-c2ccccc2)o1)[C@@H](COCc1ccccc1)N(C=O)OCc1ccccc1. The third-order valence-electron chi connectivity index (χ3n) is 7.37. The van der Waals surface area contributed by atoms with Crippen molar-refractivity contribution >= 4 is 18.2 Å². The smallest absolute Gasteiger partial charge is 0.288 e. The fourth-order valence-corrected chi connectivity index (χ4v) is 4.93.